The third-order valence-corrected chi connectivity index (χ3v) is 5.23. The van der Waals surface area contributed by atoms with Gasteiger partial charge in [0.1, 0.15) is 5.78 Å². The summed E-state index contributed by atoms with van der Waals surface area (Å²) in [5.74, 6) is 0.501. The molecule has 2 saturated carbocycles. The Morgan fingerprint density at radius 1 is 1.08 bits per heavy atom. The summed E-state index contributed by atoms with van der Waals surface area (Å²) in [5, 5.41) is 0. The van der Waals surface area contributed by atoms with Crippen LogP contribution in [0.4, 0.5) is 0 Å². The van der Waals surface area contributed by atoms with Gasteiger partial charge in [0.05, 0.1) is 0 Å². The summed E-state index contributed by atoms with van der Waals surface area (Å²) >= 11 is 0. The standard InChI is InChI=1S/C11H18O/c1-9(2)10(3)5-6-11(9,4)8(12)7-10/h5-7H2,1-4H3/t10-,11+/m1/s1. The van der Waals surface area contributed by atoms with Crippen molar-refractivity contribution >= 4 is 5.78 Å². The van der Waals surface area contributed by atoms with Gasteiger partial charge in [-0.05, 0) is 23.7 Å². The summed E-state index contributed by atoms with van der Waals surface area (Å²) in [4.78, 5) is 11.8. The zero-order valence-electron chi connectivity index (χ0n) is 8.53. The molecule has 0 aromatic rings. The van der Waals surface area contributed by atoms with Gasteiger partial charge in [-0.3, -0.25) is 4.79 Å². The third kappa shape index (κ3) is 0.571. The predicted octanol–water partition coefficient (Wildman–Crippen LogP) is 2.79. The van der Waals surface area contributed by atoms with Crippen LogP contribution in [0.3, 0.4) is 0 Å². The van der Waals surface area contributed by atoms with E-state index < -0.39 is 0 Å². The van der Waals surface area contributed by atoms with E-state index in [2.05, 4.69) is 27.7 Å². The van der Waals surface area contributed by atoms with Crippen LogP contribution in [0.1, 0.15) is 47.0 Å². The van der Waals surface area contributed by atoms with Crippen molar-refractivity contribution in [3.63, 3.8) is 0 Å². The quantitative estimate of drug-likeness (QED) is 0.541. The van der Waals surface area contributed by atoms with Crippen LogP contribution >= 0.6 is 0 Å². The van der Waals surface area contributed by atoms with Crippen molar-refractivity contribution in [1.29, 1.82) is 0 Å². The van der Waals surface area contributed by atoms with Crippen LogP contribution in [0.2, 0.25) is 0 Å². The fourth-order valence-electron chi connectivity index (χ4n) is 3.16. The van der Waals surface area contributed by atoms with Gasteiger partial charge < -0.3 is 0 Å². The van der Waals surface area contributed by atoms with Gasteiger partial charge >= 0.3 is 0 Å². The Labute approximate surface area is 74.5 Å². The van der Waals surface area contributed by atoms with Gasteiger partial charge in [-0.15, -0.1) is 0 Å². The van der Waals surface area contributed by atoms with Crippen LogP contribution < -0.4 is 0 Å². The van der Waals surface area contributed by atoms with E-state index in [1.807, 2.05) is 0 Å². The van der Waals surface area contributed by atoms with Gasteiger partial charge in [0.2, 0.25) is 0 Å². The highest BCUT2D eigenvalue weighted by atomic mass is 16.1. The molecule has 0 aromatic carbocycles. The van der Waals surface area contributed by atoms with Crippen molar-refractivity contribution in [2.24, 2.45) is 16.2 Å². The average molecular weight is 166 g/mol. The average Bonchev–Trinajstić information content (AvgIpc) is 2.18. The lowest BCUT2D eigenvalue weighted by atomic mass is 9.66. The molecule has 0 aliphatic heterocycles. The number of hydrogen-bond acceptors (Lipinski definition) is 1. The summed E-state index contributed by atoms with van der Waals surface area (Å²) in [5.41, 5.74) is 0.498. The van der Waals surface area contributed by atoms with E-state index >= 15 is 0 Å². The van der Waals surface area contributed by atoms with E-state index in [0.717, 1.165) is 12.8 Å². The largest absolute Gasteiger partial charge is 0.299 e. The molecule has 12 heavy (non-hydrogen) atoms. The second-order valence-corrected chi connectivity index (χ2v) is 5.62. The number of carbonyl (C=O) groups is 1. The Bertz CT molecular complexity index is 254. The predicted molar refractivity (Wildman–Crippen MR) is 48.9 cm³/mol. The zero-order valence-corrected chi connectivity index (χ0v) is 8.53. The Morgan fingerprint density at radius 2 is 1.67 bits per heavy atom. The molecule has 0 saturated heterocycles. The first-order chi connectivity index (χ1) is 5.33. The van der Waals surface area contributed by atoms with Crippen LogP contribution in [0.5, 0.6) is 0 Å². The summed E-state index contributed by atoms with van der Waals surface area (Å²) in [6.07, 6.45) is 3.16. The van der Waals surface area contributed by atoms with Crippen LogP contribution in [0, 0.1) is 16.2 Å². The van der Waals surface area contributed by atoms with Gasteiger partial charge in [0.25, 0.3) is 0 Å². The molecule has 2 aliphatic carbocycles. The lowest BCUT2D eigenvalue weighted by Crippen LogP contribution is -2.34. The van der Waals surface area contributed by atoms with E-state index in [1.165, 1.54) is 6.42 Å². The van der Waals surface area contributed by atoms with Gasteiger partial charge in [0.15, 0.2) is 0 Å². The van der Waals surface area contributed by atoms with Crippen molar-refractivity contribution in [2.45, 2.75) is 47.0 Å². The fraction of sp³-hybridized carbons (Fsp3) is 0.909. The molecule has 2 aliphatic rings. The summed E-state index contributed by atoms with van der Waals surface area (Å²) < 4.78 is 0. The molecule has 0 radical (unpaired) electrons. The van der Waals surface area contributed by atoms with Crippen molar-refractivity contribution in [2.75, 3.05) is 0 Å². The number of Topliss-reactive ketones (excluding diaryl/α,β-unsaturated/α-hetero) is 1. The molecule has 2 bridgehead atoms. The van der Waals surface area contributed by atoms with Crippen molar-refractivity contribution in [3.8, 4) is 0 Å². The van der Waals surface area contributed by atoms with Gasteiger partial charge in [-0.2, -0.15) is 0 Å². The first-order valence-electron chi connectivity index (χ1n) is 4.87. The molecule has 0 unspecified atom stereocenters. The second-order valence-electron chi connectivity index (χ2n) is 5.62. The summed E-state index contributed by atoms with van der Waals surface area (Å²) in [6, 6.07) is 0. The SMILES string of the molecule is CC1(C)[C@]2(C)CC[C@@]1(C)C(=O)C2. The second kappa shape index (κ2) is 1.78. The molecule has 68 valence electrons. The molecule has 0 amide bonds. The van der Waals surface area contributed by atoms with Gasteiger partial charge in [0, 0.05) is 11.8 Å². The molecule has 1 nitrogen and oxygen atoms in total. The minimum absolute atomic E-state index is 0.0122. The summed E-state index contributed by atoms with van der Waals surface area (Å²) in [6.45, 7) is 8.98. The number of rotatable bonds is 0. The van der Waals surface area contributed by atoms with Crippen LogP contribution in [0.25, 0.3) is 0 Å². The number of ketones is 1. The lowest BCUT2D eigenvalue weighted by molar-refractivity contribution is -0.128. The smallest absolute Gasteiger partial charge is 0.139 e. The number of carbonyl (C=O) groups excluding carboxylic acids is 1. The van der Waals surface area contributed by atoms with Crippen LogP contribution in [0.15, 0.2) is 0 Å². The molecule has 2 rings (SSSR count). The van der Waals surface area contributed by atoms with E-state index in [4.69, 9.17) is 0 Å². The third-order valence-electron chi connectivity index (χ3n) is 5.23. The maximum atomic E-state index is 11.8. The Morgan fingerprint density at radius 3 is 1.83 bits per heavy atom. The molecule has 1 heteroatoms. The lowest BCUT2D eigenvalue weighted by Gasteiger charge is -2.37. The first kappa shape index (κ1) is 8.28. The minimum Gasteiger partial charge on any atom is -0.299 e. The highest BCUT2D eigenvalue weighted by Crippen LogP contribution is 2.70. The van der Waals surface area contributed by atoms with Gasteiger partial charge in [-0.1, -0.05) is 27.7 Å². The Kier molecular flexibility index (Phi) is 1.23. The molecule has 0 N–H and O–H groups in total. The highest BCUT2D eigenvalue weighted by Gasteiger charge is 2.67. The van der Waals surface area contributed by atoms with Crippen molar-refractivity contribution < 1.29 is 4.79 Å². The molecular formula is C11H18O. The van der Waals surface area contributed by atoms with E-state index in [1.54, 1.807) is 0 Å². The van der Waals surface area contributed by atoms with Crippen LogP contribution in [-0.2, 0) is 4.79 Å². The van der Waals surface area contributed by atoms with E-state index in [0.29, 0.717) is 11.2 Å². The van der Waals surface area contributed by atoms with Crippen molar-refractivity contribution in [1.82, 2.24) is 0 Å². The number of hydrogen-bond donors (Lipinski definition) is 0. The van der Waals surface area contributed by atoms with E-state index in [9.17, 15) is 4.79 Å². The van der Waals surface area contributed by atoms with Crippen LogP contribution in [-0.4, -0.2) is 5.78 Å². The topological polar surface area (TPSA) is 17.1 Å². The Hall–Kier alpha value is -0.330. The monoisotopic (exact) mass is 166 g/mol. The molecule has 2 fully saturated rings. The number of fused-ring (bicyclic) bond motifs is 2. The Balaban J connectivity index is 2.56. The molecule has 0 spiro atoms. The van der Waals surface area contributed by atoms with Crippen molar-refractivity contribution in [3.05, 3.63) is 0 Å². The molecule has 2 atom stereocenters. The minimum atomic E-state index is -0.0122. The maximum Gasteiger partial charge on any atom is 0.139 e. The summed E-state index contributed by atoms with van der Waals surface area (Å²) in [7, 11) is 0. The zero-order chi connectivity index (χ0) is 9.20. The maximum absolute atomic E-state index is 11.8. The fourth-order valence-corrected chi connectivity index (χ4v) is 3.16. The molecular weight excluding hydrogens is 148 g/mol. The first-order valence-corrected chi connectivity index (χ1v) is 4.87. The van der Waals surface area contributed by atoms with Gasteiger partial charge in [-0.25, -0.2) is 0 Å². The van der Waals surface area contributed by atoms with E-state index in [-0.39, 0.29) is 10.8 Å². The molecule has 0 aromatic heterocycles. The highest BCUT2D eigenvalue weighted by molar-refractivity contribution is 5.90. The molecule has 0 heterocycles. The normalized spacial score (nSPS) is 50.2.